The Morgan fingerprint density at radius 3 is 2.81 bits per heavy atom. The highest BCUT2D eigenvalue weighted by Crippen LogP contribution is 2.39. The Bertz CT molecular complexity index is 1020. The van der Waals surface area contributed by atoms with Crippen molar-refractivity contribution in [2.75, 3.05) is 31.6 Å². The van der Waals surface area contributed by atoms with Gasteiger partial charge in [-0.1, -0.05) is 25.5 Å². The van der Waals surface area contributed by atoms with E-state index >= 15 is 0 Å². The number of hydrogen-bond acceptors (Lipinski definition) is 5. The Labute approximate surface area is 189 Å². The Balaban J connectivity index is 1.81. The molecule has 2 aliphatic heterocycles. The summed E-state index contributed by atoms with van der Waals surface area (Å²) in [4.78, 5) is 29.0. The largest absolute Gasteiger partial charge is 0.444 e. The van der Waals surface area contributed by atoms with Gasteiger partial charge in [0.1, 0.15) is 5.60 Å². The molecule has 172 valence electrons. The summed E-state index contributed by atoms with van der Waals surface area (Å²) in [6, 6.07) is 8.12. The summed E-state index contributed by atoms with van der Waals surface area (Å²) in [7, 11) is 1.87. The molecule has 0 saturated heterocycles. The third-order valence-corrected chi connectivity index (χ3v) is 5.86. The molecule has 2 amide bonds. The van der Waals surface area contributed by atoms with Crippen LogP contribution < -0.4 is 10.2 Å². The van der Waals surface area contributed by atoms with Crippen molar-refractivity contribution < 1.29 is 14.3 Å². The third-order valence-electron chi connectivity index (χ3n) is 5.86. The van der Waals surface area contributed by atoms with E-state index in [0.717, 1.165) is 35.6 Å². The van der Waals surface area contributed by atoms with Crippen LogP contribution in [0.15, 0.2) is 24.3 Å². The van der Waals surface area contributed by atoms with Crippen molar-refractivity contribution in [3.05, 3.63) is 41.1 Å². The number of nitrogens with one attached hydrogen (secondary N) is 1. The van der Waals surface area contributed by atoms with Gasteiger partial charge in [-0.05, 0) is 44.9 Å². The number of rotatable bonds is 3. The number of carbonyl (C=O) groups excluding carboxylic acids is 2. The summed E-state index contributed by atoms with van der Waals surface area (Å²) in [5, 5.41) is 7.93. The number of ether oxygens (including phenoxy) is 1. The lowest BCUT2D eigenvalue weighted by molar-refractivity contribution is -0.120. The van der Waals surface area contributed by atoms with Gasteiger partial charge in [-0.25, -0.2) is 9.48 Å². The minimum atomic E-state index is -0.592. The fraction of sp³-hybridized carbons (Fsp3) is 0.542. The van der Waals surface area contributed by atoms with Crippen LogP contribution in [0.2, 0.25) is 0 Å². The molecule has 32 heavy (non-hydrogen) atoms. The molecule has 2 aliphatic rings. The number of nitrogens with zero attached hydrogens (tertiary/aromatic N) is 4. The zero-order valence-electron chi connectivity index (χ0n) is 19.6. The lowest BCUT2D eigenvalue weighted by Crippen LogP contribution is -2.49. The third kappa shape index (κ3) is 4.31. The Kier molecular flexibility index (Phi) is 5.88. The first kappa shape index (κ1) is 22.2. The van der Waals surface area contributed by atoms with Gasteiger partial charge in [-0.15, -0.1) is 5.10 Å². The first-order valence-corrected chi connectivity index (χ1v) is 11.4. The van der Waals surface area contributed by atoms with Crippen molar-refractivity contribution in [3.8, 4) is 5.69 Å². The van der Waals surface area contributed by atoms with E-state index in [1.165, 1.54) is 5.56 Å². The Morgan fingerprint density at radius 1 is 1.31 bits per heavy atom. The van der Waals surface area contributed by atoms with Crippen LogP contribution in [0.1, 0.15) is 57.0 Å². The predicted octanol–water partition coefficient (Wildman–Crippen LogP) is 3.23. The van der Waals surface area contributed by atoms with Gasteiger partial charge in [-0.2, -0.15) is 0 Å². The second-order valence-corrected chi connectivity index (χ2v) is 9.62. The molecular weight excluding hydrogens is 406 g/mol. The molecule has 1 aromatic heterocycles. The first-order chi connectivity index (χ1) is 15.2. The Morgan fingerprint density at radius 2 is 2.09 bits per heavy atom. The van der Waals surface area contributed by atoms with E-state index in [9.17, 15) is 9.59 Å². The number of hydrogen-bond donors (Lipinski definition) is 1. The van der Waals surface area contributed by atoms with Gasteiger partial charge < -0.3 is 15.0 Å². The van der Waals surface area contributed by atoms with E-state index in [0.29, 0.717) is 19.5 Å². The van der Waals surface area contributed by atoms with Crippen LogP contribution in [-0.2, 0) is 22.4 Å². The van der Waals surface area contributed by atoms with Crippen LogP contribution in [0.4, 0.5) is 10.6 Å². The van der Waals surface area contributed by atoms with Gasteiger partial charge in [-0.3, -0.25) is 9.69 Å². The molecule has 0 saturated carbocycles. The highest BCUT2D eigenvalue weighted by atomic mass is 16.6. The molecule has 8 heteroatoms. The Hall–Kier alpha value is -3.03. The van der Waals surface area contributed by atoms with Gasteiger partial charge in [0.05, 0.1) is 24.0 Å². The van der Waals surface area contributed by atoms with Crippen molar-refractivity contribution in [3.63, 3.8) is 0 Å². The van der Waals surface area contributed by atoms with Crippen molar-refractivity contribution in [2.45, 2.75) is 58.6 Å². The molecule has 0 radical (unpaired) electrons. The number of aromatic nitrogens is 2. The number of amides is 2. The molecule has 8 nitrogen and oxygen atoms in total. The number of aryl methyl sites for hydroxylation is 1. The molecule has 3 heterocycles. The van der Waals surface area contributed by atoms with Crippen LogP contribution >= 0.6 is 0 Å². The van der Waals surface area contributed by atoms with Gasteiger partial charge in [0, 0.05) is 32.1 Å². The molecule has 1 unspecified atom stereocenters. The monoisotopic (exact) mass is 439 g/mol. The number of carbonyl (C=O) groups is 2. The second kappa shape index (κ2) is 8.48. The lowest BCUT2D eigenvalue weighted by atomic mass is 9.96. The minimum absolute atomic E-state index is 0.0890. The summed E-state index contributed by atoms with van der Waals surface area (Å²) >= 11 is 0. The quantitative estimate of drug-likeness (QED) is 0.794. The maximum Gasteiger partial charge on any atom is 0.410 e. The second-order valence-electron chi connectivity index (χ2n) is 9.62. The molecule has 4 rings (SSSR count). The van der Waals surface area contributed by atoms with E-state index < -0.39 is 5.60 Å². The van der Waals surface area contributed by atoms with Crippen LogP contribution in [0.3, 0.4) is 0 Å². The molecule has 1 aromatic carbocycles. The van der Waals surface area contributed by atoms with E-state index in [-0.39, 0.29) is 24.6 Å². The number of likely N-dealkylation sites (N-methyl/N-ethyl adjacent to an activating group) is 1. The van der Waals surface area contributed by atoms with Crippen molar-refractivity contribution in [1.29, 1.82) is 0 Å². The van der Waals surface area contributed by atoms with Crippen LogP contribution in [0.25, 0.3) is 5.69 Å². The summed E-state index contributed by atoms with van der Waals surface area (Å²) in [5.41, 5.74) is 3.76. The molecule has 0 aliphatic carbocycles. The SMILES string of the molecule is CCCc1cccc(-n2nc3c4c2CCN(C(=O)OC(C)(C)C)C4CNC(=O)CN3C)c1. The standard InChI is InChI=1S/C24H33N5O3/c1-6-8-16-9-7-10-17(13-16)29-18-11-12-28(23(31)32-24(2,3)4)19-14-25-20(30)15-27(5)22(26-29)21(18)19/h7,9-10,13,19H,6,8,11-12,14-15H2,1-5H3,(H,25,30). The molecule has 1 N–H and O–H groups in total. The van der Waals surface area contributed by atoms with Gasteiger partial charge in [0.15, 0.2) is 5.82 Å². The van der Waals surface area contributed by atoms with E-state index in [1.807, 2.05) is 37.4 Å². The van der Waals surface area contributed by atoms with Crippen LogP contribution in [0, 0.1) is 0 Å². The maximum atomic E-state index is 13.0. The van der Waals surface area contributed by atoms with Crippen molar-refractivity contribution >= 4 is 17.8 Å². The fourth-order valence-electron chi connectivity index (χ4n) is 4.51. The average Bonchev–Trinajstić information content (AvgIpc) is 3.10. The van der Waals surface area contributed by atoms with Gasteiger partial charge in [0.25, 0.3) is 0 Å². The lowest BCUT2D eigenvalue weighted by Gasteiger charge is -2.38. The topological polar surface area (TPSA) is 79.7 Å². The normalized spacial score (nSPS) is 18.5. The average molecular weight is 440 g/mol. The molecule has 1 atom stereocenters. The summed E-state index contributed by atoms with van der Waals surface area (Å²) < 4.78 is 7.68. The van der Waals surface area contributed by atoms with E-state index in [4.69, 9.17) is 9.84 Å². The van der Waals surface area contributed by atoms with E-state index in [1.54, 1.807) is 4.90 Å². The van der Waals surface area contributed by atoms with Crippen LogP contribution in [0.5, 0.6) is 0 Å². The zero-order chi connectivity index (χ0) is 23.0. The highest BCUT2D eigenvalue weighted by Gasteiger charge is 2.40. The summed E-state index contributed by atoms with van der Waals surface area (Å²) in [5.74, 6) is 0.655. The fourth-order valence-corrected chi connectivity index (χ4v) is 4.51. The molecule has 0 bridgehead atoms. The molecule has 2 aromatic rings. The molecule has 0 spiro atoms. The molecular formula is C24H33N5O3. The number of anilines is 1. The number of benzene rings is 1. The van der Waals surface area contributed by atoms with Gasteiger partial charge in [0.2, 0.25) is 5.91 Å². The smallest absolute Gasteiger partial charge is 0.410 e. The van der Waals surface area contributed by atoms with Crippen LogP contribution in [-0.4, -0.2) is 59.0 Å². The highest BCUT2D eigenvalue weighted by molar-refractivity contribution is 5.82. The molecule has 0 fully saturated rings. The predicted molar refractivity (Wildman–Crippen MR) is 123 cm³/mol. The van der Waals surface area contributed by atoms with Gasteiger partial charge >= 0.3 is 6.09 Å². The minimum Gasteiger partial charge on any atom is -0.444 e. The summed E-state index contributed by atoms with van der Waals surface area (Å²) in [6.45, 7) is 8.82. The van der Waals surface area contributed by atoms with E-state index in [2.05, 4.69) is 36.5 Å². The first-order valence-electron chi connectivity index (χ1n) is 11.4. The zero-order valence-corrected chi connectivity index (χ0v) is 19.6. The van der Waals surface area contributed by atoms with Crippen molar-refractivity contribution in [2.24, 2.45) is 0 Å². The summed E-state index contributed by atoms with van der Waals surface area (Å²) in [6.07, 6.45) is 2.39. The maximum absolute atomic E-state index is 13.0. The van der Waals surface area contributed by atoms with Crippen molar-refractivity contribution in [1.82, 2.24) is 20.0 Å².